The van der Waals surface area contributed by atoms with Crippen LogP contribution in [0.1, 0.15) is 12.6 Å². The van der Waals surface area contributed by atoms with E-state index in [-0.39, 0.29) is 23.5 Å². The zero-order valence-electron chi connectivity index (χ0n) is 15.6. The minimum absolute atomic E-state index is 0.0321. The summed E-state index contributed by atoms with van der Waals surface area (Å²) in [6.45, 7) is -0.679. The molecule has 0 spiro atoms. The van der Waals surface area contributed by atoms with Gasteiger partial charge in [-0.1, -0.05) is 5.92 Å². The number of aromatic nitrogens is 4. The number of aromatic amines is 1. The Morgan fingerprint density at radius 3 is 2.59 bits per heavy atom. The third kappa shape index (κ3) is 5.90. The highest BCUT2D eigenvalue weighted by molar-refractivity contribution is 7.66. The SMILES string of the molecule is C#C[C@H]1C[C@@H](COP(=O)(O)OP(=O)(O)OP(=O)(O)O)O[C@H]1n1cnc2c(=O)[nH]c(N)nc21. The first-order chi connectivity index (χ1) is 14.7. The van der Waals surface area contributed by atoms with Crippen LogP contribution >= 0.6 is 23.5 Å². The number of nitrogens with one attached hydrogen (secondary N) is 1. The molecule has 0 radical (unpaired) electrons. The van der Waals surface area contributed by atoms with Gasteiger partial charge in [-0.05, 0) is 6.42 Å². The van der Waals surface area contributed by atoms with Crippen LogP contribution in [0.3, 0.4) is 0 Å². The molecule has 2 aromatic rings. The monoisotopic (exact) mass is 515 g/mol. The molecule has 0 saturated carbocycles. The Balaban J connectivity index is 1.71. The molecule has 2 aromatic heterocycles. The molecule has 0 aromatic carbocycles. The number of hydrogen-bond acceptors (Lipinski definition) is 11. The van der Waals surface area contributed by atoms with Crippen molar-refractivity contribution >= 4 is 40.6 Å². The maximum atomic E-state index is 11.9. The van der Waals surface area contributed by atoms with E-state index in [0.29, 0.717) is 0 Å². The summed E-state index contributed by atoms with van der Waals surface area (Å²) in [6, 6.07) is 0. The average Bonchev–Trinajstić information content (AvgIpc) is 3.20. The molecule has 176 valence electrons. The molecular formula is C12H16N5O12P3. The smallest absolute Gasteiger partial charge is 0.369 e. The van der Waals surface area contributed by atoms with Gasteiger partial charge >= 0.3 is 23.5 Å². The van der Waals surface area contributed by atoms with Crippen molar-refractivity contribution in [2.45, 2.75) is 18.8 Å². The van der Waals surface area contributed by atoms with Crippen molar-refractivity contribution in [1.82, 2.24) is 19.5 Å². The highest BCUT2D eigenvalue weighted by Gasteiger charge is 2.42. The number of phosphoric acid groups is 3. The molecule has 0 bridgehead atoms. The number of fused-ring (bicyclic) bond motifs is 1. The van der Waals surface area contributed by atoms with Crippen LogP contribution in [0.4, 0.5) is 5.95 Å². The fourth-order valence-electron chi connectivity index (χ4n) is 2.87. The van der Waals surface area contributed by atoms with Crippen molar-refractivity contribution in [3.05, 3.63) is 16.7 Å². The highest BCUT2D eigenvalue weighted by Crippen LogP contribution is 2.66. The summed E-state index contributed by atoms with van der Waals surface area (Å²) in [4.78, 5) is 57.9. The van der Waals surface area contributed by atoms with Crippen molar-refractivity contribution < 1.29 is 51.2 Å². The third-order valence-electron chi connectivity index (χ3n) is 3.97. The number of anilines is 1. The molecule has 7 N–H and O–H groups in total. The normalized spacial score (nSPS) is 25.3. The predicted molar refractivity (Wildman–Crippen MR) is 103 cm³/mol. The van der Waals surface area contributed by atoms with Gasteiger partial charge in [-0.25, -0.2) is 18.7 Å². The maximum absolute atomic E-state index is 11.9. The van der Waals surface area contributed by atoms with Gasteiger partial charge in [-0.15, -0.1) is 6.42 Å². The lowest BCUT2D eigenvalue weighted by atomic mass is 10.0. The van der Waals surface area contributed by atoms with Crippen LogP contribution in [0.5, 0.6) is 0 Å². The van der Waals surface area contributed by atoms with Gasteiger partial charge in [0.05, 0.1) is 25.0 Å². The van der Waals surface area contributed by atoms with Crippen LogP contribution in [0.15, 0.2) is 11.1 Å². The number of H-pyrrole nitrogens is 1. The van der Waals surface area contributed by atoms with Crippen LogP contribution in [0, 0.1) is 18.3 Å². The Bertz CT molecular complexity index is 1260. The zero-order valence-corrected chi connectivity index (χ0v) is 18.3. The van der Waals surface area contributed by atoms with E-state index in [1.54, 1.807) is 0 Å². The fraction of sp³-hybridized carbons (Fsp3) is 0.417. The third-order valence-corrected chi connectivity index (χ3v) is 7.77. The predicted octanol–water partition coefficient (Wildman–Crippen LogP) is -0.418. The molecule has 20 heteroatoms. The molecule has 1 aliphatic heterocycles. The largest absolute Gasteiger partial charge is 0.490 e. The number of hydrogen-bond donors (Lipinski definition) is 6. The molecular weight excluding hydrogens is 499 g/mol. The average molecular weight is 515 g/mol. The Morgan fingerprint density at radius 2 is 1.97 bits per heavy atom. The maximum Gasteiger partial charge on any atom is 0.490 e. The van der Waals surface area contributed by atoms with E-state index in [9.17, 15) is 23.4 Å². The quantitative estimate of drug-likeness (QED) is 0.193. The van der Waals surface area contributed by atoms with Crippen molar-refractivity contribution in [2.75, 3.05) is 12.3 Å². The molecule has 1 saturated heterocycles. The number of nitrogens with two attached hydrogens (primary N) is 1. The second-order valence-corrected chi connectivity index (χ2v) is 10.7. The van der Waals surface area contributed by atoms with Gasteiger partial charge in [0.15, 0.2) is 17.4 Å². The van der Waals surface area contributed by atoms with Crippen molar-refractivity contribution in [2.24, 2.45) is 5.92 Å². The van der Waals surface area contributed by atoms with E-state index in [1.165, 1.54) is 10.9 Å². The van der Waals surface area contributed by atoms with E-state index in [4.69, 9.17) is 31.6 Å². The van der Waals surface area contributed by atoms with E-state index in [0.717, 1.165) is 0 Å². The molecule has 3 rings (SSSR count). The van der Waals surface area contributed by atoms with Crippen LogP contribution in [0.25, 0.3) is 11.2 Å². The summed E-state index contributed by atoms with van der Waals surface area (Å²) in [5.41, 5.74) is 5.00. The van der Waals surface area contributed by atoms with Gasteiger partial charge in [0.25, 0.3) is 5.56 Å². The Hall–Kier alpha value is -1.92. The molecule has 2 unspecified atom stereocenters. The number of terminal acetylenes is 1. The van der Waals surface area contributed by atoms with E-state index < -0.39 is 53.9 Å². The topological polar surface area (TPSA) is 259 Å². The number of nitrogens with zero attached hydrogens (tertiary/aromatic N) is 3. The van der Waals surface area contributed by atoms with Crippen LogP contribution in [-0.4, -0.2) is 51.8 Å². The van der Waals surface area contributed by atoms with E-state index >= 15 is 0 Å². The number of rotatable bonds is 8. The summed E-state index contributed by atoms with van der Waals surface area (Å²) < 4.78 is 52.7. The van der Waals surface area contributed by atoms with Crippen molar-refractivity contribution in [3.8, 4) is 12.3 Å². The number of phosphoric ester groups is 1. The van der Waals surface area contributed by atoms with Gasteiger partial charge in [0.1, 0.15) is 0 Å². The lowest BCUT2D eigenvalue weighted by Gasteiger charge is -2.19. The van der Waals surface area contributed by atoms with Crippen LogP contribution in [0.2, 0.25) is 0 Å². The van der Waals surface area contributed by atoms with Gasteiger partial charge in [0, 0.05) is 0 Å². The Morgan fingerprint density at radius 1 is 1.28 bits per heavy atom. The summed E-state index contributed by atoms with van der Waals surface area (Å²) in [5.74, 6) is 1.65. The summed E-state index contributed by atoms with van der Waals surface area (Å²) >= 11 is 0. The van der Waals surface area contributed by atoms with Crippen molar-refractivity contribution in [3.63, 3.8) is 0 Å². The molecule has 1 fully saturated rings. The summed E-state index contributed by atoms with van der Waals surface area (Å²) in [6.07, 6.45) is 4.97. The molecule has 3 heterocycles. The minimum atomic E-state index is -5.64. The molecule has 32 heavy (non-hydrogen) atoms. The summed E-state index contributed by atoms with van der Waals surface area (Å²) in [7, 11) is -16.5. The molecule has 0 amide bonds. The molecule has 5 atom stereocenters. The second-order valence-electron chi connectivity index (χ2n) is 6.32. The first-order valence-corrected chi connectivity index (χ1v) is 12.8. The summed E-state index contributed by atoms with van der Waals surface area (Å²) in [5, 5.41) is 0. The first kappa shape index (κ1) is 24.7. The zero-order chi connectivity index (χ0) is 23.9. The Labute approximate surface area is 178 Å². The van der Waals surface area contributed by atoms with Gasteiger partial charge in [-0.2, -0.15) is 13.6 Å². The fourth-order valence-corrected chi connectivity index (χ4v) is 5.92. The number of ether oxygens (including phenoxy) is 1. The van der Waals surface area contributed by atoms with Crippen molar-refractivity contribution in [1.29, 1.82) is 0 Å². The lowest BCUT2D eigenvalue weighted by Crippen LogP contribution is -2.18. The van der Waals surface area contributed by atoms with Gasteiger partial charge in [-0.3, -0.25) is 18.9 Å². The van der Waals surface area contributed by atoms with Gasteiger partial charge in [0.2, 0.25) is 5.95 Å². The second kappa shape index (κ2) is 8.79. The van der Waals surface area contributed by atoms with E-state index in [1.807, 2.05) is 0 Å². The first-order valence-electron chi connectivity index (χ1n) is 8.32. The van der Waals surface area contributed by atoms with Crippen LogP contribution in [-0.2, 0) is 31.6 Å². The Kier molecular flexibility index (Phi) is 6.79. The standard InChI is InChI=1S/C12H16N5O12P3/c1-2-6-3-7(4-26-31(22,23)29-32(24,25)28-30(19,20)21)27-11(6)17-5-14-8-9(17)15-12(13)16-10(8)18/h1,5-7,11H,3-4H2,(H,22,23)(H,24,25)(H2,19,20,21)(H3,13,15,16,18)/t6-,7-,11+/m0/s1. The molecule has 0 aliphatic carbocycles. The number of nitrogen functional groups attached to an aromatic ring is 1. The lowest BCUT2D eigenvalue weighted by molar-refractivity contribution is -0.0259. The van der Waals surface area contributed by atoms with Crippen LogP contribution < -0.4 is 11.3 Å². The van der Waals surface area contributed by atoms with Gasteiger partial charge < -0.3 is 30.0 Å². The van der Waals surface area contributed by atoms with E-state index in [2.05, 4.69) is 34.0 Å². The highest BCUT2D eigenvalue weighted by atomic mass is 31.3. The minimum Gasteiger partial charge on any atom is -0.369 e. The molecule has 17 nitrogen and oxygen atoms in total. The molecule has 1 aliphatic rings. The number of imidazole rings is 1.